The third-order valence-electron chi connectivity index (χ3n) is 3.37. The van der Waals surface area contributed by atoms with E-state index in [0.29, 0.717) is 5.06 Å². The number of carboxylic acids is 1. The van der Waals surface area contributed by atoms with Crippen LogP contribution in [0.2, 0.25) is 0 Å². The molecule has 18 heavy (non-hydrogen) atoms. The van der Waals surface area contributed by atoms with Gasteiger partial charge in [-0.25, -0.2) is 0 Å². The molecule has 0 aromatic rings. The molecule has 0 saturated carbocycles. The minimum atomic E-state index is -1.30. The van der Waals surface area contributed by atoms with E-state index in [-0.39, 0.29) is 6.42 Å². The lowest BCUT2D eigenvalue weighted by molar-refractivity contribution is -0.775. The first-order valence-corrected chi connectivity index (χ1v) is 5.51. The summed E-state index contributed by atoms with van der Waals surface area (Å²) in [5.41, 5.74) is -2.21. The molecule has 8 heteroatoms. The third-order valence-corrected chi connectivity index (χ3v) is 3.37. The Labute approximate surface area is 104 Å². The zero-order chi connectivity index (χ0) is 14.3. The summed E-state index contributed by atoms with van der Waals surface area (Å²) in [5.74, 6) is -2.29. The summed E-state index contributed by atoms with van der Waals surface area (Å²) < 4.78 is 0. The third kappa shape index (κ3) is 2.39. The summed E-state index contributed by atoms with van der Waals surface area (Å²) in [5, 5.41) is 31.4. The Morgan fingerprint density at radius 3 is 2.33 bits per heavy atom. The number of piperidine rings is 1. The second-order valence-electron chi connectivity index (χ2n) is 5.66. The van der Waals surface area contributed by atoms with Crippen LogP contribution >= 0.6 is 0 Å². The highest BCUT2D eigenvalue weighted by Crippen LogP contribution is 2.42. The fourth-order valence-corrected chi connectivity index (χ4v) is 2.63. The summed E-state index contributed by atoms with van der Waals surface area (Å²) in [7, 11) is 0. The topological polar surface area (TPSA) is 113 Å². The van der Waals surface area contributed by atoms with Crippen molar-refractivity contribution < 1.29 is 25.0 Å². The van der Waals surface area contributed by atoms with Crippen LogP contribution in [0.15, 0.2) is 0 Å². The van der Waals surface area contributed by atoms with Crippen LogP contribution in [0.25, 0.3) is 0 Å². The van der Waals surface area contributed by atoms with Gasteiger partial charge in [-0.1, -0.05) is 0 Å². The molecule has 1 rings (SSSR count). The van der Waals surface area contributed by atoms with Crippen LogP contribution in [0.4, 0.5) is 0 Å². The molecule has 0 aromatic heterocycles. The molecule has 0 aliphatic carbocycles. The molecule has 1 saturated heterocycles. The van der Waals surface area contributed by atoms with Crippen LogP contribution in [0.5, 0.6) is 0 Å². The maximum Gasteiger partial charge on any atom is 0.308 e. The number of aliphatic carboxylic acids is 1. The van der Waals surface area contributed by atoms with E-state index in [0.717, 1.165) is 0 Å². The molecule has 0 aromatic carbocycles. The van der Waals surface area contributed by atoms with Crippen LogP contribution in [0, 0.1) is 16.0 Å². The second kappa shape index (κ2) is 4.36. The fraction of sp³-hybridized carbons (Fsp3) is 0.900. The standard InChI is InChI=1S/C10H17N2O6/c1-9(2)5-6(8(13)14)7(18-12(16)17)10(3,4)11(9)15/h6-7H,5H2,1-4H3,(H,13,14). The van der Waals surface area contributed by atoms with E-state index < -0.39 is 34.2 Å². The maximum absolute atomic E-state index is 12.1. The molecule has 8 nitrogen and oxygen atoms in total. The number of hydrogen-bond acceptors (Lipinski definition) is 5. The molecule has 103 valence electrons. The molecule has 1 N–H and O–H groups in total. The minimum Gasteiger partial charge on any atom is -0.481 e. The van der Waals surface area contributed by atoms with E-state index >= 15 is 0 Å². The van der Waals surface area contributed by atoms with Gasteiger partial charge in [0.1, 0.15) is 6.10 Å². The SMILES string of the molecule is CC1(C)CC(C(=O)O)C(O[N+](=O)[O-])C(C)(C)N1[O]. The normalized spacial score (nSPS) is 30.7. The molecule has 2 atom stereocenters. The number of hydrogen-bond donors (Lipinski definition) is 1. The Kier molecular flexibility index (Phi) is 3.55. The highest BCUT2D eigenvalue weighted by Gasteiger charge is 2.56. The van der Waals surface area contributed by atoms with Gasteiger partial charge in [-0.05, 0) is 34.1 Å². The van der Waals surface area contributed by atoms with Crippen molar-refractivity contribution in [3.05, 3.63) is 10.1 Å². The molecule has 1 aliphatic heterocycles. The van der Waals surface area contributed by atoms with E-state index in [9.17, 15) is 20.1 Å². The van der Waals surface area contributed by atoms with Gasteiger partial charge < -0.3 is 9.94 Å². The van der Waals surface area contributed by atoms with Gasteiger partial charge >= 0.3 is 5.97 Å². The van der Waals surface area contributed by atoms with E-state index in [1.165, 1.54) is 13.8 Å². The van der Waals surface area contributed by atoms with Gasteiger partial charge in [-0.2, -0.15) is 0 Å². The lowest BCUT2D eigenvalue weighted by Crippen LogP contribution is -2.67. The Morgan fingerprint density at radius 2 is 1.94 bits per heavy atom. The zero-order valence-electron chi connectivity index (χ0n) is 10.7. The van der Waals surface area contributed by atoms with Gasteiger partial charge in [0.25, 0.3) is 5.09 Å². The predicted octanol–water partition coefficient (Wildman–Crippen LogP) is 0.873. The average Bonchev–Trinajstić information content (AvgIpc) is 2.19. The maximum atomic E-state index is 12.1. The van der Waals surface area contributed by atoms with E-state index in [4.69, 9.17) is 5.11 Å². The first-order valence-electron chi connectivity index (χ1n) is 5.51. The van der Waals surface area contributed by atoms with Crippen molar-refractivity contribution in [3.63, 3.8) is 0 Å². The van der Waals surface area contributed by atoms with Gasteiger partial charge in [0.15, 0.2) is 0 Å². The van der Waals surface area contributed by atoms with Crippen LogP contribution in [-0.2, 0) is 14.8 Å². The molecule has 1 aliphatic rings. The molecular weight excluding hydrogens is 244 g/mol. The molecule has 1 radical (unpaired) electrons. The lowest BCUT2D eigenvalue weighted by atomic mass is 9.73. The molecule has 2 unspecified atom stereocenters. The van der Waals surface area contributed by atoms with Crippen molar-refractivity contribution in [2.45, 2.75) is 51.3 Å². The number of rotatable bonds is 3. The van der Waals surface area contributed by atoms with Crippen LogP contribution in [-0.4, -0.2) is 38.4 Å². The van der Waals surface area contributed by atoms with Gasteiger partial charge in [-0.15, -0.1) is 20.4 Å². The van der Waals surface area contributed by atoms with E-state index in [1.807, 2.05) is 0 Å². The van der Waals surface area contributed by atoms with E-state index in [2.05, 4.69) is 4.84 Å². The van der Waals surface area contributed by atoms with Crippen molar-refractivity contribution in [2.75, 3.05) is 0 Å². The van der Waals surface area contributed by atoms with Gasteiger partial charge in [0, 0.05) is 5.54 Å². The molecular formula is C10H17N2O6. The first-order chi connectivity index (χ1) is 8.00. The first kappa shape index (κ1) is 14.7. The number of nitrogens with zero attached hydrogens (tertiary/aromatic N) is 2. The Balaban J connectivity index is 3.17. The Hall–Kier alpha value is -1.41. The zero-order valence-corrected chi connectivity index (χ0v) is 10.7. The summed E-state index contributed by atoms with van der Waals surface area (Å²) in [6.07, 6.45) is -1.30. The number of carbonyl (C=O) groups is 1. The summed E-state index contributed by atoms with van der Waals surface area (Å²) >= 11 is 0. The smallest absolute Gasteiger partial charge is 0.308 e. The van der Waals surface area contributed by atoms with Crippen molar-refractivity contribution in [1.29, 1.82) is 0 Å². The van der Waals surface area contributed by atoms with Gasteiger partial charge in [0.2, 0.25) is 0 Å². The monoisotopic (exact) mass is 261 g/mol. The quantitative estimate of drug-likeness (QED) is 0.595. The molecule has 1 heterocycles. The van der Waals surface area contributed by atoms with Crippen molar-refractivity contribution in [2.24, 2.45) is 5.92 Å². The van der Waals surface area contributed by atoms with Crippen LogP contribution in [0.1, 0.15) is 34.1 Å². The fourth-order valence-electron chi connectivity index (χ4n) is 2.63. The molecule has 0 amide bonds. The lowest BCUT2D eigenvalue weighted by Gasteiger charge is -2.52. The average molecular weight is 261 g/mol. The summed E-state index contributed by atoms with van der Waals surface area (Å²) in [6.45, 7) is 6.12. The highest BCUT2D eigenvalue weighted by atomic mass is 17.0. The molecule has 1 fully saturated rings. The summed E-state index contributed by atoms with van der Waals surface area (Å²) in [4.78, 5) is 26.1. The second-order valence-corrected chi connectivity index (χ2v) is 5.66. The minimum absolute atomic E-state index is 0.00618. The molecule has 0 spiro atoms. The number of carboxylic acid groups (broad SMARTS) is 1. The largest absolute Gasteiger partial charge is 0.481 e. The highest BCUT2D eigenvalue weighted by molar-refractivity contribution is 5.71. The van der Waals surface area contributed by atoms with Crippen LogP contribution in [0.3, 0.4) is 0 Å². The van der Waals surface area contributed by atoms with Gasteiger partial charge in [0.05, 0.1) is 11.5 Å². The Bertz CT molecular complexity index is 367. The molecule has 0 bridgehead atoms. The Morgan fingerprint density at radius 1 is 1.44 bits per heavy atom. The van der Waals surface area contributed by atoms with Gasteiger partial charge in [-0.3, -0.25) is 4.79 Å². The van der Waals surface area contributed by atoms with Crippen molar-refractivity contribution in [3.8, 4) is 0 Å². The predicted molar refractivity (Wildman–Crippen MR) is 58.3 cm³/mol. The van der Waals surface area contributed by atoms with E-state index in [1.54, 1.807) is 13.8 Å². The van der Waals surface area contributed by atoms with Crippen molar-refractivity contribution in [1.82, 2.24) is 5.06 Å². The van der Waals surface area contributed by atoms with Crippen molar-refractivity contribution >= 4 is 5.97 Å². The van der Waals surface area contributed by atoms with Crippen LogP contribution < -0.4 is 0 Å². The summed E-state index contributed by atoms with van der Waals surface area (Å²) in [6, 6.07) is 0. The number of hydroxylamine groups is 2.